The van der Waals surface area contributed by atoms with Crippen LogP contribution in [0.15, 0.2) is 5.16 Å². The van der Waals surface area contributed by atoms with Gasteiger partial charge in [-0.25, -0.2) is 4.79 Å². The van der Waals surface area contributed by atoms with Gasteiger partial charge in [0.2, 0.25) is 0 Å². The quantitative estimate of drug-likeness (QED) is 0.334. The Kier molecular flexibility index (Phi) is 6.38. The van der Waals surface area contributed by atoms with E-state index in [-0.39, 0.29) is 11.7 Å². The van der Waals surface area contributed by atoms with Gasteiger partial charge in [0.15, 0.2) is 5.78 Å². The molecule has 0 aliphatic heterocycles. The summed E-state index contributed by atoms with van der Waals surface area (Å²) in [5, 5.41) is 3.58. The topological polar surface area (TPSA) is 59.0 Å². The Balaban J connectivity index is 4.55. The second kappa shape index (κ2) is 6.78. The van der Waals surface area contributed by atoms with E-state index in [2.05, 4.69) is 5.16 Å². The predicted molar refractivity (Wildman–Crippen MR) is 74.5 cm³/mol. The van der Waals surface area contributed by atoms with E-state index < -0.39 is 10.8 Å². The van der Waals surface area contributed by atoms with Crippen molar-refractivity contribution in [3.63, 3.8) is 0 Å². The molecule has 0 radical (unpaired) electrons. The third-order valence-corrected chi connectivity index (χ3v) is 3.13. The maximum absolute atomic E-state index is 12.0. The summed E-state index contributed by atoms with van der Waals surface area (Å²) >= 11 is 1.14. The molecule has 5 nitrogen and oxygen atoms in total. The van der Waals surface area contributed by atoms with Crippen molar-refractivity contribution in [1.82, 2.24) is 4.31 Å². The molecule has 0 atom stereocenters. The van der Waals surface area contributed by atoms with Crippen LogP contribution in [-0.2, 0) is 9.63 Å². The Morgan fingerprint density at radius 3 is 2.17 bits per heavy atom. The molecule has 0 spiro atoms. The number of oxime groups is 1. The average Bonchev–Trinajstić information content (AvgIpc) is 2.23. The van der Waals surface area contributed by atoms with E-state index in [0.717, 1.165) is 11.9 Å². The molecule has 0 aromatic rings. The summed E-state index contributed by atoms with van der Waals surface area (Å²) < 4.78 is 0.611. The second-order valence-electron chi connectivity index (χ2n) is 5.01. The van der Waals surface area contributed by atoms with Crippen molar-refractivity contribution < 1.29 is 14.4 Å². The second-order valence-corrected chi connectivity index (χ2v) is 6.76. The lowest BCUT2D eigenvalue weighted by molar-refractivity contribution is -0.123. The predicted octanol–water partition coefficient (Wildman–Crippen LogP) is 3.10. The highest BCUT2D eigenvalue weighted by Crippen LogP contribution is 2.30. The van der Waals surface area contributed by atoms with Gasteiger partial charge < -0.3 is 0 Å². The first kappa shape index (κ1) is 17.0. The van der Waals surface area contributed by atoms with Crippen LogP contribution in [0.25, 0.3) is 0 Å². The highest BCUT2D eigenvalue weighted by atomic mass is 32.2. The first-order chi connectivity index (χ1) is 8.08. The van der Waals surface area contributed by atoms with Gasteiger partial charge in [0.1, 0.15) is 0 Å². The molecule has 18 heavy (non-hydrogen) atoms. The molecule has 0 bridgehead atoms. The maximum Gasteiger partial charge on any atom is 0.445 e. The van der Waals surface area contributed by atoms with Crippen LogP contribution in [0.3, 0.4) is 0 Å². The van der Waals surface area contributed by atoms with Gasteiger partial charge in [-0.2, -0.15) is 0 Å². The van der Waals surface area contributed by atoms with Gasteiger partial charge in [0.05, 0.1) is 10.5 Å². The molecular formula is C12H22N2O3S. The summed E-state index contributed by atoms with van der Waals surface area (Å²) in [5.74, 6) is 0.00940. The van der Waals surface area contributed by atoms with Gasteiger partial charge in [-0.3, -0.25) is 13.9 Å². The lowest BCUT2D eigenvalue weighted by Crippen LogP contribution is -2.36. The van der Waals surface area contributed by atoms with Crippen LogP contribution in [0, 0.1) is 5.92 Å². The third kappa shape index (κ3) is 5.53. The molecule has 0 aromatic heterocycles. The van der Waals surface area contributed by atoms with Gasteiger partial charge in [-0.1, -0.05) is 19.0 Å². The lowest BCUT2D eigenvalue weighted by Gasteiger charge is -2.28. The fraction of sp³-hybridized carbons (Fsp3) is 0.750. The molecule has 0 fully saturated rings. The molecule has 104 valence electrons. The van der Waals surface area contributed by atoms with E-state index in [1.807, 2.05) is 13.8 Å². The fourth-order valence-corrected chi connectivity index (χ4v) is 2.43. The van der Waals surface area contributed by atoms with Crippen molar-refractivity contribution in [1.29, 1.82) is 0 Å². The minimum atomic E-state index is -0.674. The normalized spacial score (nSPS) is 11.1. The molecule has 0 aliphatic rings. The summed E-state index contributed by atoms with van der Waals surface area (Å²) in [6.07, 6.45) is -0.592. The number of rotatable bonds is 5. The van der Waals surface area contributed by atoms with Gasteiger partial charge in [-0.05, 0) is 39.6 Å². The van der Waals surface area contributed by atoms with Crippen LogP contribution in [0.2, 0.25) is 0 Å². The molecule has 0 heterocycles. The van der Waals surface area contributed by atoms with Gasteiger partial charge in [-0.15, -0.1) is 0 Å². The smallest absolute Gasteiger partial charge is 0.298 e. The number of carbonyl (C=O) groups is 2. The van der Waals surface area contributed by atoms with E-state index in [0.29, 0.717) is 5.71 Å². The highest BCUT2D eigenvalue weighted by Gasteiger charge is 2.33. The lowest BCUT2D eigenvalue weighted by atomic mass is 9.98. The third-order valence-electron chi connectivity index (χ3n) is 2.05. The van der Waals surface area contributed by atoms with E-state index in [1.54, 1.807) is 34.7 Å². The van der Waals surface area contributed by atoms with E-state index in [1.165, 1.54) is 4.31 Å². The van der Waals surface area contributed by atoms with Crippen LogP contribution in [0.4, 0.5) is 4.79 Å². The standard InChI is InChI=1S/C12H22N2O3S/c1-8(2)10(15)12(5,6)18-14(7)11(16)17-13-9(3)4/h8H,1-7H3. The monoisotopic (exact) mass is 274 g/mol. The van der Waals surface area contributed by atoms with Crippen LogP contribution in [0.1, 0.15) is 41.5 Å². The summed E-state index contributed by atoms with van der Waals surface area (Å²) in [5.41, 5.74) is 0.652. The molecule has 0 rings (SSSR count). The zero-order valence-corrected chi connectivity index (χ0v) is 12.9. The summed E-state index contributed by atoms with van der Waals surface area (Å²) in [6, 6.07) is 0. The zero-order valence-electron chi connectivity index (χ0n) is 12.1. The molecule has 0 unspecified atom stereocenters. The summed E-state index contributed by atoms with van der Waals surface area (Å²) in [6.45, 7) is 10.7. The van der Waals surface area contributed by atoms with E-state index >= 15 is 0 Å². The highest BCUT2D eigenvalue weighted by molar-refractivity contribution is 7.99. The van der Waals surface area contributed by atoms with Crippen molar-refractivity contribution in [3.05, 3.63) is 0 Å². The first-order valence-corrected chi connectivity index (χ1v) is 6.54. The van der Waals surface area contributed by atoms with E-state index in [4.69, 9.17) is 4.84 Å². The first-order valence-electron chi connectivity index (χ1n) is 5.77. The fourth-order valence-electron chi connectivity index (χ4n) is 1.31. The Bertz CT molecular complexity index is 347. The average molecular weight is 274 g/mol. The molecule has 0 saturated carbocycles. The molecular weight excluding hydrogens is 252 g/mol. The van der Waals surface area contributed by atoms with Crippen molar-refractivity contribution in [2.75, 3.05) is 7.05 Å². The Morgan fingerprint density at radius 1 is 1.28 bits per heavy atom. The zero-order chi connectivity index (χ0) is 14.5. The number of amides is 1. The van der Waals surface area contributed by atoms with Crippen LogP contribution in [0.5, 0.6) is 0 Å². The maximum atomic E-state index is 12.0. The van der Waals surface area contributed by atoms with Crippen LogP contribution < -0.4 is 0 Å². The van der Waals surface area contributed by atoms with Crippen molar-refractivity contribution in [2.24, 2.45) is 11.1 Å². The molecule has 0 saturated heterocycles. The van der Waals surface area contributed by atoms with Crippen molar-refractivity contribution in [3.8, 4) is 0 Å². The number of carbonyl (C=O) groups excluding carboxylic acids is 2. The molecule has 0 N–H and O–H groups in total. The molecule has 0 aromatic carbocycles. The molecule has 6 heteroatoms. The molecule has 1 amide bonds. The number of hydrogen-bond acceptors (Lipinski definition) is 5. The summed E-state index contributed by atoms with van der Waals surface area (Å²) in [4.78, 5) is 28.2. The minimum Gasteiger partial charge on any atom is -0.298 e. The van der Waals surface area contributed by atoms with Crippen molar-refractivity contribution >= 4 is 29.5 Å². The number of nitrogens with zero attached hydrogens (tertiary/aromatic N) is 2. The van der Waals surface area contributed by atoms with Gasteiger partial charge >= 0.3 is 6.09 Å². The Morgan fingerprint density at radius 2 is 1.78 bits per heavy atom. The summed E-state index contributed by atoms with van der Waals surface area (Å²) in [7, 11) is 1.56. The van der Waals surface area contributed by atoms with Gasteiger partial charge in [0, 0.05) is 13.0 Å². The SMILES string of the molecule is CC(C)=NOC(=O)N(C)SC(C)(C)C(=O)C(C)C. The van der Waals surface area contributed by atoms with Crippen molar-refractivity contribution in [2.45, 2.75) is 46.3 Å². The minimum absolute atomic E-state index is 0.0761. The van der Waals surface area contributed by atoms with Crippen LogP contribution in [-0.4, -0.2) is 33.7 Å². The molecule has 0 aliphatic carbocycles. The Hall–Kier alpha value is -1.04. The Labute approximate surface area is 113 Å². The number of ketones is 1. The number of Topliss-reactive ketones (excluding diaryl/α,β-unsaturated/α-hetero) is 1. The number of hydrogen-bond donors (Lipinski definition) is 0. The van der Waals surface area contributed by atoms with Crippen LogP contribution >= 0.6 is 11.9 Å². The van der Waals surface area contributed by atoms with Gasteiger partial charge in [0.25, 0.3) is 0 Å². The largest absolute Gasteiger partial charge is 0.445 e. The van der Waals surface area contributed by atoms with E-state index in [9.17, 15) is 9.59 Å².